The zero-order valence-electron chi connectivity index (χ0n) is 10.4. The molecule has 0 fully saturated rings. The van der Waals surface area contributed by atoms with Crippen molar-refractivity contribution in [2.75, 3.05) is 0 Å². The molecule has 0 aliphatic carbocycles. The van der Waals surface area contributed by atoms with Gasteiger partial charge in [0.1, 0.15) is 5.01 Å². The minimum atomic E-state index is 0.0887. The molecule has 3 heteroatoms. The van der Waals surface area contributed by atoms with Gasteiger partial charge in [0.25, 0.3) is 0 Å². The molecule has 0 aliphatic rings. The largest absolute Gasteiger partial charge is 0.392 e. The Bertz CT molecular complexity index is 494. The first-order valence-corrected chi connectivity index (χ1v) is 6.55. The minimum Gasteiger partial charge on any atom is -0.392 e. The molecule has 0 radical (unpaired) electrons. The number of aliphatic hydroxyl groups excluding tert-OH is 1. The third-order valence-corrected chi connectivity index (χ3v) is 3.55. The number of thiazole rings is 1. The van der Waals surface area contributed by atoms with E-state index in [9.17, 15) is 0 Å². The first kappa shape index (κ1) is 12.3. The van der Waals surface area contributed by atoms with Gasteiger partial charge in [-0.15, -0.1) is 11.3 Å². The molecule has 0 saturated carbocycles. The monoisotopic (exact) mass is 247 g/mol. The summed E-state index contributed by atoms with van der Waals surface area (Å²) in [6.07, 6.45) is 0. The van der Waals surface area contributed by atoms with Crippen LogP contribution in [0.3, 0.4) is 0 Å². The summed E-state index contributed by atoms with van der Waals surface area (Å²) in [7, 11) is 0. The molecular weight excluding hydrogens is 230 g/mol. The van der Waals surface area contributed by atoms with Gasteiger partial charge < -0.3 is 5.11 Å². The SMILES string of the molecule is CC(C)(C)c1csc(-c2ccc(CO)cc2)n1. The Morgan fingerprint density at radius 1 is 1.18 bits per heavy atom. The maximum absolute atomic E-state index is 9.00. The summed E-state index contributed by atoms with van der Waals surface area (Å²) in [5.74, 6) is 0. The first-order chi connectivity index (χ1) is 8.00. The summed E-state index contributed by atoms with van der Waals surface area (Å²) in [5.41, 5.74) is 3.27. The van der Waals surface area contributed by atoms with Gasteiger partial charge >= 0.3 is 0 Å². The molecule has 1 aromatic heterocycles. The average Bonchev–Trinajstić information content (AvgIpc) is 2.78. The van der Waals surface area contributed by atoms with E-state index in [2.05, 4.69) is 31.1 Å². The van der Waals surface area contributed by atoms with Crippen LogP contribution in [0, 0.1) is 0 Å². The summed E-state index contributed by atoms with van der Waals surface area (Å²) in [5, 5.41) is 12.2. The highest BCUT2D eigenvalue weighted by atomic mass is 32.1. The summed E-state index contributed by atoms with van der Waals surface area (Å²) >= 11 is 1.67. The Balaban J connectivity index is 2.30. The fourth-order valence-electron chi connectivity index (χ4n) is 1.50. The number of aliphatic hydroxyl groups is 1. The van der Waals surface area contributed by atoms with Crippen LogP contribution in [0.4, 0.5) is 0 Å². The highest BCUT2D eigenvalue weighted by molar-refractivity contribution is 7.13. The number of hydrogen-bond acceptors (Lipinski definition) is 3. The van der Waals surface area contributed by atoms with Crippen molar-refractivity contribution in [3.05, 3.63) is 40.9 Å². The fraction of sp³-hybridized carbons (Fsp3) is 0.357. The van der Waals surface area contributed by atoms with E-state index in [4.69, 9.17) is 5.11 Å². The van der Waals surface area contributed by atoms with Gasteiger partial charge in [-0.2, -0.15) is 0 Å². The van der Waals surface area contributed by atoms with E-state index in [1.807, 2.05) is 24.3 Å². The van der Waals surface area contributed by atoms with E-state index in [0.717, 1.165) is 21.8 Å². The normalized spacial score (nSPS) is 11.8. The Labute approximate surface area is 106 Å². The van der Waals surface area contributed by atoms with Crippen LogP contribution < -0.4 is 0 Å². The van der Waals surface area contributed by atoms with Crippen molar-refractivity contribution in [1.29, 1.82) is 0 Å². The van der Waals surface area contributed by atoms with Crippen molar-refractivity contribution >= 4 is 11.3 Å². The molecule has 1 aromatic carbocycles. The third kappa shape index (κ3) is 2.73. The molecule has 0 unspecified atom stereocenters. The second-order valence-corrected chi connectivity index (χ2v) is 6.00. The number of aromatic nitrogens is 1. The van der Waals surface area contributed by atoms with Gasteiger partial charge in [-0.05, 0) is 5.56 Å². The summed E-state index contributed by atoms with van der Waals surface area (Å²) in [6.45, 7) is 6.59. The fourth-order valence-corrected chi connectivity index (χ4v) is 2.56. The summed E-state index contributed by atoms with van der Waals surface area (Å²) in [4.78, 5) is 4.66. The van der Waals surface area contributed by atoms with E-state index >= 15 is 0 Å². The van der Waals surface area contributed by atoms with Gasteiger partial charge in [-0.25, -0.2) is 4.98 Å². The molecule has 0 amide bonds. The Morgan fingerprint density at radius 2 is 1.82 bits per heavy atom. The lowest BCUT2D eigenvalue weighted by Crippen LogP contribution is -2.11. The van der Waals surface area contributed by atoms with Gasteiger partial charge in [0, 0.05) is 16.4 Å². The van der Waals surface area contributed by atoms with E-state index in [1.165, 1.54) is 0 Å². The second kappa shape index (κ2) is 4.59. The zero-order chi connectivity index (χ0) is 12.5. The van der Waals surface area contributed by atoms with Gasteiger partial charge in [-0.1, -0.05) is 45.0 Å². The van der Waals surface area contributed by atoms with Crippen LogP contribution in [0.25, 0.3) is 10.6 Å². The summed E-state index contributed by atoms with van der Waals surface area (Å²) < 4.78 is 0. The maximum Gasteiger partial charge on any atom is 0.123 e. The van der Waals surface area contributed by atoms with E-state index in [1.54, 1.807) is 11.3 Å². The van der Waals surface area contributed by atoms with Crippen molar-refractivity contribution in [2.24, 2.45) is 0 Å². The van der Waals surface area contributed by atoms with Crippen LogP contribution in [0.1, 0.15) is 32.0 Å². The molecule has 2 nitrogen and oxygen atoms in total. The Kier molecular flexibility index (Phi) is 3.31. The van der Waals surface area contributed by atoms with Gasteiger partial charge in [0.2, 0.25) is 0 Å². The van der Waals surface area contributed by atoms with E-state index in [-0.39, 0.29) is 12.0 Å². The molecule has 0 atom stereocenters. The zero-order valence-corrected chi connectivity index (χ0v) is 11.2. The van der Waals surface area contributed by atoms with Gasteiger partial charge in [0.05, 0.1) is 12.3 Å². The number of nitrogens with zero attached hydrogens (tertiary/aromatic N) is 1. The van der Waals surface area contributed by atoms with E-state index in [0.29, 0.717) is 0 Å². The molecule has 90 valence electrons. The molecule has 2 rings (SSSR count). The Hall–Kier alpha value is -1.19. The molecule has 1 heterocycles. The second-order valence-electron chi connectivity index (χ2n) is 5.14. The molecule has 2 aromatic rings. The Morgan fingerprint density at radius 3 is 2.29 bits per heavy atom. The first-order valence-electron chi connectivity index (χ1n) is 5.67. The highest BCUT2D eigenvalue weighted by Gasteiger charge is 2.17. The smallest absolute Gasteiger partial charge is 0.123 e. The van der Waals surface area contributed by atoms with Crippen LogP contribution in [0.5, 0.6) is 0 Å². The number of hydrogen-bond donors (Lipinski definition) is 1. The van der Waals surface area contributed by atoms with Gasteiger partial charge in [-0.3, -0.25) is 0 Å². The van der Waals surface area contributed by atoms with Crippen LogP contribution in [0.15, 0.2) is 29.6 Å². The lowest BCUT2D eigenvalue weighted by Gasteiger charge is -2.14. The standard InChI is InChI=1S/C14H17NOS/c1-14(2,3)12-9-17-13(15-12)11-6-4-10(8-16)5-7-11/h4-7,9,16H,8H2,1-3H3. The third-order valence-electron chi connectivity index (χ3n) is 2.66. The van der Waals surface area contributed by atoms with Crippen LogP contribution in [0.2, 0.25) is 0 Å². The van der Waals surface area contributed by atoms with Gasteiger partial charge in [0.15, 0.2) is 0 Å². The lowest BCUT2D eigenvalue weighted by atomic mass is 9.93. The molecule has 0 bridgehead atoms. The van der Waals surface area contributed by atoms with Crippen molar-refractivity contribution in [1.82, 2.24) is 4.98 Å². The number of rotatable bonds is 2. The van der Waals surface area contributed by atoms with Crippen molar-refractivity contribution in [3.63, 3.8) is 0 Å². The predicted molar refractivity (Wildman–Crippen MR) is 72.2 cm³/mol. The molecule has 0 saturated heterocycles. The predicted octanol–water partition coefficient (Wildman–Crippen LogP) is 3.60. The molecular formula is C14H17NOS. The topological polar surface area (TPSA) is 33.1 Å². The molecule has 0 aliphatic heterocycles. The van der Waals surface area contributed by atoms with Crippen LogP contribution in [-0.2, 0) is 12.0 Å². The van der Waals surface area contributed by atoms with Crippen LogP contribution >= 0.6 is 11.3 Å². The lowest BCUT2D eigenvalue weighted by molar-refractivity contribution is 0.282. The van der Waals surface area contributed by atoms with Crippen molar-refractivity contribution < 1.29 is 5.11 Å². The van der Waals surface area contributed by atoms with Crippen LogP contribution in [-0.4, -0.2) is 10.1 Å². The van der Waals surface area contributed by atoms with Crippen molar-refractivity contribution in [3.8, 4) is 10.6 Å². The highest BCUT2D eigenvalue weighted by Crippen LogP contribution is 2.29. The minimum absolute atomic E-state index is 0.0887. The molecule has 17 heavy (non-hydrogen) atoms. The molecule has 0 spiro atoms. The molecule has 1 N–H and O–H groups in total. The van der Waals surface area contributed by atoms with E-state index < -0.39 is 0 Å². The van der Waals surface area contributed by atoms with Crippen molar-refractivity contribution in [2.45, 2.75) is 32.8 Å². The summed E-state index contributed by atoms with van der Waals surface area (Å²) in [6, 6.07) is 7.90. The number of benzene rings is 1. The average molecular weight is 247 g/mol. The maximum atomic E-state index is 9.00. The quantitative estimate of drug-likeness (QED) is 0.879.